The average Bonchev–Trinajstić information content (AvgIpc) is 3.60. The Hall–Kier alpha value is -4.97. The molecule has 2 N–H and O–H groups in total. The number of aromatic nitrogens is 1. The molecule has 3 saturated heterocycles. The molecule has 1 aromatic heterocycles. The van der Waals surface area contributed by atoms with Crippen molar-refractivity contribution in [1.82, 2.24) is 4.98 Å². The highest BCUT2D eigenvalue weighted by Crippen LogP contribution is 2.45. The van der Waals surface area contributed by atoms with Gasteiger partial charge in [-0.1, -0.05) is 19.7 Å². The highest BCUT2D eigenvalue weighted by Gasteiger charge is 2.58. The molecular weight excluding hydrogens is 598 g/mol. The molecule has 5 rings (SSSR count). The lowest BCUT2D eigenvalue weighted by Gasteiger charge is -2.21. The number of hydrogen-bond acceptors (Lipinski definition) is 11. The number of aromatic hydroxyl groups is 1. The molecule has 0 aliphatic carbocycles. The minimum atomic E-state index is -0.935. The number of rotatable bonds is 6. The first-order valence-electron chi connectivity index (χ1n) is 14.3. The highest BCUT2D eigenvalue weighted by atomic mass is 16.6. The molecule has 4 heterocycles. The van der Waals surface area contributed by atoms with Crippen molar-refractivity contribution in [2.75, 3.05) is 0 Å². The Kier molecular flexibility index (Phi) is 13.2. The van der Waals surface area contributed by atoms with Crippen molar-refractivity contribution in [2.24, 2.45) is 5.92 Å². The number of carbonyl (C=O) groups excluding carboxylic acids is 3. The van der Waals surface area contributed by atoms with E-state index in [2.05, 4.69) is 24.7 Å². The average molecular weight is 640 g/mol. The number of carboxylic acid groups (broad SMARTS) is 1. The number of nitrogens with zero attached hydrogens (tertiary/aromatic N) is 1. The summed E-state index contributed by atoms with van der Waals surface area (Å²) in [7, 11) is 0. The van der Waals surface area contributed by atoms with Gasteiger partial charge < -0.3 is 33.9 Å². The molecule has 1 aromatic carbocycles. The predicted molar refractivity (Wildman–Crippen MR) is 167 cm³/mol. The lowest BCUT2D eigenvalue weighted by Crippen LogP contribution is -2.22. The summed E-state index contributed by atoms with van der Waals surface area (Å²) in [5.41, 5.74) is 0.565. The van der Waals surface area contributed by atoms with E-state index in [0.717, 1.165) is 18.6 Å². The number of pyridine rings is 1. The zero-order valence-corrected chi connectivity index (χ0v) is 26.9. The number of benzene rings is 1. The van der Waals surface area contributed by atoms with Gasteiger partial charge in [-0.15, -0.1) is 0 Å². The fourth-order valence-electron chi connectivity index (χ4n) is 4.02. The Morgan fingerprint density at radius 1 is 0.891 bits per heavy atom. The van der Waals surface area contributed by atoms with E-state index in [-0.39, 0.29) is 52.5 Å². The van der Waals surface area contributed by atoms with Crippen molar-refractivity contribution in [2.45, 2.75) is 78.3 Å². The Labute approximate surface area is 268 Å². The third kappa shape index (κ3) is 11.8. The molecule has 3 fully saturated rings. The van der Waals surface area contributed by atoms with Gasteiger partial charge >= 0.3 is 23.9 Å². The largest absolute Gasteiger partial charge is 0.503 e. The summed E-state index contributed by atoms with van der Waals surface area (Å²) in [6, 6.07) is 9.85. The first kappa shape index (κ1) is 37.2. The molecule has 46 heavy (non-hydrogen) atoms. The molecule has 0 radical (unpaired) electrons. The van der Waals surface area contributed by atoms with Crippen LogP contribution < -0.4 is 14.2 Å². The van der Waals surface area contributed by atoms with Crippen LogP contribution in [0.1, 0.15) is 54.4 Å². The molecule has 248 valence electrons. The lowest BCUT2D eigenvalue weighted by molar-refractivity contribution is -0.143. The van der Waals surface area contributed by atoms with Gasteiger partial charge in [0.05, 0.1) is 12.0 Å². The van der Waals surface area contributed by atoms with Crippen LogP contribution in [0.15, 0.2) is 79.1 Å². The van der Waals surface area contributed by atoms with Crippen LogP contribution in [0, 0.1) is 5.92 Å². The lowest BCUT2D eigenvalue weighted by atomic mass is 9.90. The van der Waals surface area contributed by atoms with Crippen LogP contribution in [0.5, 0.6) is 23.1 Å². The number of carbonyl (C=O) groups is 4. The minimum Gasteiger partial charge on any atom is -0.503 e. The summed E-state index contributed by atoms with van der Waals surface area (Å²) in [5, 5.41) is 17.1. The van der Waals surface area contributed by atoms with Crippen LogP contribution in [0.2, 0.25) is 0 Å². The van der Waals surface area contributed by atoms with Gasteiger partial charge in [0, 0.05) is 29.3 Å². The third-order valence-corrected chi connectivity index (χ3v) is 6.16. The fraction of sp³-hybridized carbons (Fsp3) is 0.382. The van der Waals surface area contributed by atoms with Crippen molar-refractivity contribution in [3.8, 4) is 23.1 Å². The maximum absolute atomic E-state index is 11.3. The summed E-state index contributed by atoms with van der Waals surface area (Å²) in [6.45, 7) is 20.6. The SMILES string of the molecule is C=C(C)C(=O)O.C=C(C)C(=O)Oc1ccc(OC(C)(C)C)cc1.C=C(C)C(=O)Oc1ncccc1O.O=C1OC2CC3CC1C2O3. The third-order valence-electron chi connectivity index (χ3n) is 6.16. The molecule has 4 unspecified atom stereocenters. The van der Waals surface area contributed by atoms with Crippen LogP contribution in [-0.4, -0.2) is 63.0 Å². The number of esters is 3. The van der Waals surface area contributed by atoms with Gasteiger partial charge in [0.1, 0.15) is 29.3 Å². The highest BCUT2D eigenvalue weighted by molar-refractivity contribution is 5.89. The standard InChI is InChI=1S/C14H18O3.C9H9NO3.C7H8O3.C4H6O2/c1-10(2)13(15)16-11-6-8-12(9-7-11)17-14(3,4)5;1-6(2)9(12)13-8-7(11)4-3-5-10-8;8-7-4-1-3-2-5(10-7)6(4)9-3;1-3(2)4(5)6/h6-9H,1H2,2-5H3;3-5,11H,1H2,2H3;3-6H,1-2H2;1H2,2H3,(H,5,6). The molecule has 12 nitrogen and oxygen atoms in total. The molecule has 3 aliphatic heterocycles. The molecule has 0 spiro atoms. The van der Waals surface area contributed by atoms with E-state index in [0.29, 0.717) is 17.4 Å². The van der Waals surface area contributed by atoms with Crippen LogP contribution >= 0.6 is 0 Å². The van der Waals surface area contributed by atoms with Gasteiger partial charge in [-0.3, -0.25) is 4.79 Å². The van der Waals surface area contributed by atoms with Crippen LogP contribution in [0.25, 0.3) is 0 Å². The van der Waals surface area contributed by atoms with Crippen LogP contribution in [0.3, 0.4) is 0 Å². The van der Waals surface area contributed by atoms with Crippen molar-refractivity contribution in [1.29, 1.82) is 0 Å². The Morgan fingerprint density at radius 3 is 1.87 bits per heavy atom. The Bertz CT molecular complexity index is 1440. The van der Waals surface area contributed by atoms with E-state index in [1.165, 1.54) is 32.2 Å². The second-order valence-corrected chi connectivity index (χ2v) is 11.7. The van der Waals surface area contributed by atoms with Gasteiger partial charge in [0.2, 0.25) is 0 Å². The number of fused-ring (bicyclic) bond motifs is 1. The van der Waals surface area contributed by atoms with Crippen molar-refractivity contribution < 1.29 is 53.1 Å². The molecule has 2 aromatic rings. The van der Waals surface area contributed by atoms with Crippen LogP contribution in [-0.2, 0) is 28.7 Å². The second kappa shape index (κ2) is 16.4. The molecule has 12 heteroatoms. The summed E-state index contributed by atoms with van der Waals surface area (Å²) in [4.78, 5) is 46.5. The molecule has 2 bridgehead atoms. The fourth-order valence-corrected chi connectivity index (χ4v) is 4.02. The van der Waals surface area contributed by atoms with E-state index >= 15 is 0 Å². The zero-order chi connectivity index (χ0) is 34.8. The van der Waals surface area contributed by atoms with E-state index in [1.54, 1.807) is 31.2 Å². The second-order valence-electron chi connectivity index (χ2n) is 11.7. The zero-order valence-electron chi connectivity index (χ0n) is 26.9. The summed E-state index contributed by atoms with van der Waals surface area (Å²) < 4.78 is 26.0. The van der Waals surface area contributed by atoms with E-state index < -0.39 is 17.9 Å². The topological polar surface area (TPSA) is 168 Å². The maximum atomic E-state index is 11.3. The van der Waals surface area contributed by atoms with E-state index in [9.17, 15) is 24.3 Å². The summed E-state index contributed by atoms with van der Waals surface area (Å²) >= 11 is 0. The van der Waals surface area contributed by atoms with Crippen LogP contribution in [0.4, 0.5) is 0 Å². The molecule has 0 saturated carbocycles. The van der Waals surface area contributed by atoms with Gasteiger partial charge in [-0.05, 0) is 84.4 Å². The molecule has 4 atom stereocenters. The number of ether oxygens (including phenoxy) is 5. The van der Waals surface area contributed by atoms with Crippen molar-refractivity contribution in [3.05, 3.63) is 79.1 Å². The monoisotopic (exact) mass is 639 g/mol. The molecule has 0 amide bonds. The number of carboxylic acids is 1. The first-order chi connectivity index (χ1) is 21.4. The van der Waals surface area contributed by atoms with E-state index in [4.69, 9.17) is 28.8 Å². The molecule has 3 aliphatic rings. The van der Waals surface area contributed by atoms with Crippen molar-refractivity contribution >= 4 is 23.9 Å². The smallest absolute Gasteiger partial charge is 0.339 e. The quantitative estimate of drug-likeness (QED) is 0.237. The summed E-state index contributed by atoms with van der Waals surface area (Å²) in [5.74, 6) is -0.947. The van der Waals surface area contributed by atoms with Gasteiger partial charge in [-0.2, -0.15) is 0 Å². The maximum Gasteiger partial charge on any atom is 0.339 e. The Morgan fingerprint density at radius 2 is 1.43 bits per heavy atom. The number of hydrogen-bond donors (Lipinski definition) is 2. The summed E-state index contributed by atoms with van der Waals surface area (Å²) in [6.07, 6.45) is 3.81. The van der Waals surface area contributed by atoms with Gasteiger partial charge in [0.25, 0.3) is 5.88 Å². The van der Waals surface area contributed by atoms with E-state index in [1.807, 2.05) is 20.8 Å². The van der Waals surface area contributed by atoms with Crippen molar-refractivity contribution in [3.63, 3.8) is 0 Å². The molecular formula is C34H41NO11. The normalized spacial score (nSPS) is 19.7. The predicted octanol–water partition coefficient (Wildman–Crippen LogP) is 5.35. The minimum absolute atomic E-state index is 0.0324. The number of aliphatic carboxylic acids is 1. The first-order valence-corrected chi connectivity index (χ1v) is 14.3. The Balaban J connectivity index is 0.000000225. The van der Waals surface area contributed by atoms with Gasteiger partial charge in [-0.25, -0.2) is 19.4 Å². The van der Waals surface area contributed by atoms with Gasteiger partial charge in [0.15, 0.2) is 5.75 Å².